The Labute approximate surface area is 147 Å². The van der Waals surface area contributed by atoms with Gasteiger partial charge in [0.1, 0.15) is 0 Å². The van der Waals surface area contributed by atoms with Gasteiger partial charge in [0.15, 0.2) is 0 Å². The summed E-state index contributed by atoms with van der Waals surface area (Å²) in [5, 5.41) is 2.95. The van der Waals surface area contributed by atoms with Crippen molar-refractivity contribution in [3.8, 4) is 11.3 Å². The molecule has 1 aromatic carbocycles. The summed E-state index contributed by atoms with van der Waals surface area (Å²) in [5.74, 6) is -0.0902. The zero-order valence-electron chi connectivity index (χ0n) is 14.3. The highest BCUT2D eigenvalue weighted by Crippen LogP contribution is 2.17. The molecule has 0 aliphatic rings. The molecule has 0 saturated carbocycles. The molecule has 3 aromatic rings. The summed E-state index contributed by atoms with van der Waals surface area (Å²) < 4.78 is 0. The fourth-order valence-corrected chi connectivity index (χ4v) is 2.46. The third-order valence-electron chi connectivity index (χ3n) is 3.90. The van der Waals surface area contributed by atoms with Crippen LogP contribution in [-0.4, -0.2) is 30.0 Å². The Hall–Kier alpha value is -3.21. The van der Waals surface area contributed by atoms with Crippen LogP contribution in [0.2, 0.25) is 0 Å². The molecule has 0 spiro atoms. The first-order valence-electron chi connectivity index (χ1n) is 8.04. The highest BCUT2D eigenvalue weighted by Gasteiger charge is 2.07. The molecule has 0 unspecified atom stereocenters. The first kappa shape index (κ1) is 16.6. The fraction of sp³-hybridized carbons (Fsp3) is 0.150. The Bertz CT molecular complexity index is 845. The van der Waals surface area contributed by atoms with Crippen molar-refractivity contribution in [2.24, 2.45) is 0 Å². The monoisotopic (exact) mass is 332 g/mol. The topological polar surface area (TPSA) is 58.1 Å². The molecule has 2 aromatic heterocycles. The molecule has 5 nitrogen and oxygen atoms in total. The number of benzene rings is 1. The van der Waals surface area contributed by atoms with Gasteiger partial charge in [-0.05, 0) is 54.1 Å². The molecule has 0 aliphatic carbocycles. The highest BCUT2D eigenvalue weighted by atomic mass is 16.1. The van der Waals surface area contributed by atoms with E-state index >= 15 is 0 Å². The Morgan fingerprint density at radius 2 is 1.72 bits per heavy atom. The second kappa shape index (κ2) is 7.57. The zero-order valence-corrected chi connectivity index (χ0v) is 14.3. The molecule has 0 radical (unpaired) electrons. The highest BCUT2D eigenvalue weighted by molar-refractivity contribution is 5.94. The van der Waals surface area contributed by atoms with Crippen LogP contribution in [0.15, 0.2) is 67.1 Å². The molecule has 0 aliphatic heterocycles. The van der Waals surface area contributed by atoms with E-state index in [1.807, 2.05) is 67.5 Å². The van der Waals surface area contributed by atoms with Gasteiger partial charge in [-0.25, -0.2) is 0 Å². The van der Waals surface area contributed by atoms with Gasteiger partial charge < -0.3 is 10.2 Å². The standard InChI is InChI=1S/C20H20N4O/c1-24(2)18-5-3-17(4-6-18)20(25)23-14-15-7-12-22-19(13-15)16-8-10-21-11-9-16/h3-13H,14H2,1-2H3,(H,23,25). The molecule has 0 atom stereocenters. The Kier molecular flexibility index (Phi) is 5.04. The molecule has 0 fully saturated rings. The first-order valence-corrected chi connectivity index (χ1v) is 8.04. The summed E-state index contributed by atoms with van der Waals surface area (Å²) in [6.07, 6.45) is 5.23. The largest absolute Gasteiger partial charge is 0.378 e. The Balaban J connectivity index is 1.66. The molecular weight excluding hydrogens is 312 g/mol. The first-order chi connectivity index (χ1) is 12.1. The molecular formula is C20H20N4O. The number of nitrogens with zero attached hydrogens (tertiary/aromatic N) is 3. The van der Waals surface area contributed by atoms with Crippen molar-refractivity contribution in [3.63, 3.8) is 0 Å². The number of aromatic nitrogens is 2. The van der Waals surface area contributed by atoms with E-state index < -0.39 is 0 Å². The molecule has 0 bridgehead atoms. The van der Waals surface area contributed by atoms with Crippen molar-refractivity contribution in [2.45, 2.75) is 6.54 Å². The average molecular weight is 332 g/mol. The van der Waals surface area contributed by atoms with Gasteiger partial charge in [-0.2, -0.15) is 0 Å². The lowest BCUT2D eigenvalue weighted by Crippen LogP contribution is -2.22. The normalized spacial score (nSPS) is 10.3. The zero-order chi connectivity index (χ0) is 17.6. The molecule has 1 amide bonds. The minimum absolute atomic E-state index is 0.0902. The van der Waals surface area contributed by atoms with Gasteiger partial charge >= 0.3 is 0 Å². The maximum Gasteiger partial charge on any atom is 0.251 e. The van der Waals surface area contributed by atoms with Crippen molar-refractivity contribution in [3.05, 3.63) is 78.2 Å². The minimum atomic E-state index is -0.0902. The van der Waals surface area contributed by atoms with E-state index in [-0.39, 0.29) is 5.91 Å². The average Bonchev–Trinajstić information content (AvgIpc) is 2.67. The van der Waals surface area contributed by atoms with Crippen LogP contribution in [0.5, 0.6) is 0 Å². The summed E-state index contributed by atoms with van der Waals surface area (Å²) in [6, 6.07) is 15.2. The Morgan fingerprint density at radius 3 is 2.40 bits per heavy atom. The summed E-state index contributed by atoms with van der Waals surface area (Å²) in [7, 11) is 3.94. The van der Waals surface area contributed by atoms with Gasteiger partial charge in [-0.15, -0.1) is 0 Å². The second-order valence-corrected chi connectivity index (χ2v) is 5.91. The number of carbonyl (C=O) groups excluding carboxylic acids is 1. The van der Waals surface area contributed by atoms with Crippen LogP contribution in [-0.2, 0) is 6.54 Å². The second-order valence-electron chi connectivity index (χ2n) is 5.91. The number of pyridine rings is 2. The summed E-state index contributed by atoms with van der Waals surface area (Å²) in [5.41, 5.74) is 4.58. The molecule has 1 N–H and O–H groups in total. The predicted molar refractivity (Wildman–Crippen MR) is 99.4 cm³/mol. The molecule has 3 rings (SSSR count). The van der Waals surface area contributed by atoms with Crippen LogP contribution in [0, 0.1) is 0 Å². The SMILES string of the molecule is CN(C)c1ccc(C(=O)NCc2ccnc(-c3ccncc3)c2)cc1. The van der Waals surface area contributed by atoms with Gasteiger partial charge in [0.05, 0.1) is 5.69 Å². The molecule has 2 heterocycles. The van der Waals surface area contributed by atoms with E-state index in [0.29, 0.717) is 12.1 Å². The Morgan fingerprint density at radius 1 is 1.00 bits per heavy atom. The molecule has 5 heteroatoms. The smallest absolute Gasteiger partial charge is 0.251 e. The number of anilines is 1. The van der Waals surface area contributed by atoms with Crippen molar-refractivity contribution in [2.75, 3.05) is 19.0 Å². The van der Waals surface area contributed by atoms with Crippen molar-refractivity contribution < 1.29 is 4.79 Å². The number of amides is 1. The number of carbonyl (C=O) groups is 1. The van der Waals surface area contributed by atoms with Crippen LogP contribution in [0.3, 0.4) is 0 Å². The lowest BCUT2D eigenvalue weighted by molar-refractivity contribution is 0.0951. The number of hydrogen-bond acceptors (Lipinski definition) is 4. The van der Waals surface area contributed by atoms with Gasteiger partial charge in [0, 0.05) is 56.0 Å². The summed E-state index contributed by atoms with van der Waals surface area (Å²) >= 11 is 0. The third kappa shape index (κ3) is 4.20. The summed E-state index contributed by atoms with van der Waals surface area (Å²) in [6.45, 7) is 0.453. The van der Waals surface area contributed by atoms with E-state index in [0.717, 1.165) is 22.5 Å². The maximum absolute atomic E-state index is 12.3. The third-order valence-corrected chi connectivity index (χ3v) is 3.90. The lowest BCUT2D eigenvalue weighted by atomic mass is 10.1. The lowest BCUT2D eigenvalue weighted by Gasteiger charge is -2.12. The van der Waals surface area contributed by atoms with Crippen LogP contribution in [0.25, 0.3) is 11.3 Å². The van der Waals surface area contributed by atoms with E-state index in [4.69, 9.17) is 0 Å². The van der Waals surface area contributed by atoms with Crippen LogP contribution >= 0.6 is 0 Å². The van der Waals surface area contributed by atoms with Gasteiger partial charge in [0.25, 0.3) is 5.91 Å². The van der Waals surface area contributed by atoms with Crippen molar-refractivity contribution in [1.82, 2.24) is 15.3 Å². The molecule has 126 valence electrons. The van der Waals surface area contributed by atoms with Crippen LogP contribution in [0.4, 0.5) is 5.69 Å². The van der Waals surface area contributed by atoms with Crippen molar-refractivity contribution >= 4 is 11.6 Å². The minimum Gasteiger partial charge on any atom is -0.378 e. The van der Waals surface area contributed by atoms with E-state index in [1.54, 1.807) is 18.6 Å². The van der Waals surface area contributed by atoms with E-state index in [2.05, 4.69) is 15.3 Å². The molecule has 25 heavy (non-hydrogen) atoms. The predicted octanol–water partition coefficient (Wildman–Crippen LogP) is 3.14. The van der Waals surface area contributed by atoms with E-state index in [9.17, 15) is 4.79 Å². The fourth-order valence-electron chi connectivity index (χ4n) is 2.46. The van der Waals surface area contributed by atoms with Crippen LogP contribution < -0.4 is 10.2 Å². The number of rotatable bonds is 5. The molecule has 0 saturated heterocycles. The van der Waals surface area contributed by atoms with Crippen LogP contribution in [0.1, 0.15) is 15.9 Å². The van der Waals surface area contributed by atoms with E-state index in [1.165, 1.54) is 0 Å². The summed E-state index contributed by atoms with van der Waals surface area (Å²) in [4.78, 5) is 22.7. The quantitative estimate of drug-likeness (QED) is 0.780. The number of nitrogens with one attached hydrogen (secondary N) is 1. The van der Waals surface area contributed by atoms with Gasteiger partial charge in [-0.3, -0.25) is 14.8 Å². The van der Waals surface area contributed by atoms with Gasteiger partial charge in [0.2, 0.25) is 0 Å². The van der Waals surface area contributed by atoms with Gasteiger partial charge in [-0.1, -0.05) is 0 Å². The maximum atomic E-state index is 12.3. The van der Waals surface area contributed by atoms with Crippen molar-refractivity contribution in [1.29, 1.82) is 0 Å². The number of hydrogen-bond donors (Lipinski definition) is 1.